The van der Waals surface area contributed by atoms with Crippen LogP contribution in [0, 0.1) is 0 Å². The van der Waals surface area contributed by atoms with Gasteiger partial charge in [0.1, 0.15) is 4.60 Å². The summed E-state index contributed by atoms with van der Waals surface area (Å²) in [7, 11) is 0. The predicted octanol–water partition coefficient (Wildman–Crippen LogP) is 4.20. The summed E-state index contributed by atoms with van der Waals surface area (Å²) in [5.41, 5.74) is 0.579. The Morgan fingerprint density at radius 3 is 2.40 bits per heavy atom. The number of aromatic nitrogens is 3. The number of rotatable bonds is 1. The molecule has 0 aliphatic heterocycles. The summed E-state index contributed by atoms with van der Waals surface area (Å²) >= 11 is 3.32. The van der Waals surface area contributed by atoms with Crippen molar-refractivity contribution in [2.45, 2.75) is 6.18 Å². The summed E-state index contributed by atoms with van der Waals surface area (Å²) in [5, 5.41) is 5.11. The lowest BCUT2D eigenvalue weighted by Crippen LogP contribution is -2.05. The molecule has 0 saturated heterocycles. The maximum absolute atomic E-state index is 12.5. The highest BCUT2D eigenvalue weighted by Crippen LogP contribution is 2.30. The molecule has 0 fully saturated rings. The Hall–Kier alpha value is -1.89. The van der Waals surface area contributed by atoms with Crippen LogP contribution in [0.1, 0.15) is 5.56 Å². The second-order valence-electron chi connectivity index (χ2n) is 4.14. The van der Waals surface area contributed by atoms with Gasteiger partial charge in [0.05, 0.1) is 23.0 Å². The van der Waals surface area contributed by atoms with Crippen LogP contribution in [-0.2, 0) is 6.18 Å². The van der Waals surface area contributed by atoms with Gasteiger partial charge in [0.15, 0.2) is 0 Å². The smallest absolute Gasteiger partial charge is 0.262 e. The van der Waals surface area contributed by atoms with Crippen molar-refractivity contribution in [3.8, 4) is 5.69 Å². The zero-order valence-electron chi connectivity index (χ0n) is 9.89. The molecule has 1 aromatic carbocycles. The van der Waals surface area contributed by atoms with E-state index < -0.39 is 11.7 Å². The van der Waals surface area contributed by atoms with E-state index in [-0.39, 0.29) is 0 Å². The molecular weight excluding hydrogens is 335 g/mol. The predicted molar refractivity (Wildman–Crippen MR) is 71.6 cm³/mol. The van der Waals surface area contributed by atoms with Crippen LogP contribution in [-0.4, -0.2) is 14.8 Å². The molecule has 7 heteroatoms. The lowest BCUT2D eigenvalue weighted by atomic mass is 10.2. The fraction of sp³-hybridized carbons (Fsp3) is 0.0769. The Labute approximate surface area is 120 Å². The van der Waals surface area contributed by atoms with Gasteiger partial charge < -0.3 is 0 Å². The van der Waals surface area contributed by atoms with E-state index in [4.69, 9.17) is 0 Å². The lowest BCUT2D eigenvalue weighted by Gasteiger charge is -2.08. The number of hydrogen-bond donors (Lipinski definition) is 0. The highest BCUT2D eigenvalue weighted by atomic mass is 79.9. The van der Waals surface area contributed by atoms with E-state index in [1.165, 1.54) is 12.1 Å². The molecule has 0 atom stereocenters. The van der Waals surface area contributed by atoms with Gasteiger partial charge >= 0.3 is 6.18 Å². The Bertz CT molecular complexity index is 763. The van der Waals surface area contributed by atoms with Gasteiger partial charge in [0.2, 0.25) is 0 Å². The second-order valence-corrected chi connectivity index (χ2v) is 4.89. The first-order valence-corrected chi connectivity index (χ1v) is 6.42. The molecular formula is C13H7BrF3N3. The molecule has 2 heterocycles. The normalized spacial score (nSPS) is 12.0. The molecule has 0 radical (unpaired) electrons. The van der Waals surface area contributed by atoms with E-state index in [1.807, 2.05) is 0 Å². The van der Waals surface area contributed by atoms with Crippen molar-refractivity contribution in [1.29, 1.82) is 0 Å². The monoisotopic (exact) mass is 341 g/mol. The highest BCUT2D eigenvalue weighted by Gasteiger charge is 2.30. The van der Waals surface area contributed by atoms with Gasteiger partial charge in [-0.3, -0.25) is 4.98 Å². The maximum atomic E-state index is 12.5. The molecule has 0 aliphatic carbocycles. The largest absolute Gasteiger partial charge is 0.416 e. The third kappa shape index (κ3) is 2.18. The maximum Gasteiger partial charge on any atom is 0.416 e. The first-order valence-electron chi connectivity index (χ1n) is 5.63. The van der Waals surface area contributed by atoms with Crippen molar-refractivity contribution in [2.24, 2.45) is 0 Å². The SMILES string of the molecule is FC(F)(F)c1ccc(-n2nc(Br)c3ccncc32)cc1. The van der Waals surface area contributed by atoms with Crippen molar-refractivity contribution in [2.75, 3.05) is 0 Å². The number of pyridine rings is 1. The minimum absolute atomic E-state index is 0.543. The minimum atomic E-state index is -4.34. The number of nitrogens with zero attached hydrogens (tertiary/aromatic N) is 3. The van der Waals surface area contributed by atoms with Crippen LogP contribution < -0.4 is 0 Å². The summed E-state index contributed by atoms with van der Waals surface area (Å²) < 4.78 is 39.8. The van der Waals surface area contributed by atoms with E-state index >= 15 is 0 Å². The van der Waals surface area contributed by atoms with Gasteiger partial charge in [0, 0.05) is 11.6 Å². The van der Waals surface area contributed by atoms with Crippen molar-refractivity contribution < 1.29 is 13.2 Å². The van der Waals surface area contributed by atoms with Gasteiger partial charge in [-0.25, -0.2) is 4.68 Å². The lowest BCUT2D eigenvalue weighted by molar-refractivity contribution is -0.137. The number of alkyl halides is 3. The quantitative estimate of drug-likeness (QED) is 0.664. The molecule has 0 spiro atoms. The van der Waals surface area contributed by atoms with Gasteiger partial charge in [-0.05, 0) is 46.3 Å². The van der Waals surface area contributed by atoms with Crippen LogP contribution in [0.2, 0.25) is 0 Å². The number of halogens is 4. The molecule has 0 amide bonds. The highest BCUT2D eigenvalue weighted by molar-refractivity contribution is 9.10. The Morgan fingerprint density at radius 1 is 1.05 bits per heavy atom. The van der Waals surface area contributed by atoms with E-state index in [2.05, 4.69) is 26.0 Å². The van der Waals surface area contributed by atoms with Crippen LogP contribution in [0.25, 0.3) is 16.6 Å². The molecule has 20 heavy (non-hydrogen) atoms. The van der Waals surface area contributed by atoms with Crippen molar-refractivity contribution in [1.82, 2.24) is 14.8 Å². The van der Waals surface area contributed by atoms with Crippen LogP contribution >= 0.6 is 15.9 Å². The Kier molecular flexibility index (Phi) is 3.01. The molecule has 2 aromatic heterocycles. The molecule has 3 rings (SSSR count). The molecule has 0 aliphatic rings. The van der Waals surface area contributed by atoms with Crippen molar-refractivity contribution >= 4 is 26.8 Å². The van der Waals surface area contributed by atoms with Gasteiger partial charge in [0.25, 0.3) is 0 Å². The number of hydrogen-bond acceptors (Lipinski definition) is 2. The van der Waals surface area contributed by atoms with E-state index in [1.54, 1.807) is 23.1 Å². The van der Waals surface area contributed by atoms with E-state index in [0.29, 0.717) is 10.3 Å². The zero-order valence-corrected chi connectivity index (χ0v) is 11.5. The molecule has 0 bridgehead atoms. The molecule has 102 valence electrons. The minimum Gasteiger partial charge on any atom is -0.262 e. The summed E-state index contributed by atoms with van der Waals surface area (Å²) in [4.78, 5) is 4.01. The number of benzene rings is 1. The van der Waals surface area contributed by atoms with Gasteiger partial charge in [-0.15, -0.1) is 0 Å². The third-order valence-electron chi connectivity index (χ3n) is 2.88. The summed E-state index contributed by atoms with van der Waals surface area (Å²) in [6, 6.07) is 6.62. The zero-order chi connectivity index (χ0) is 14.3. The molecule has 0 saturated carbocycles. The first kappa shape index (κ1) is 13.1. The van der Waals surface area contributed by atoms with Gasteiger partial charge in [-0.1, -0.05) is 0 Å². The van der Waals surface area contributed by atoms with Crippen LogP contribution in [0.3, 0.4) is 0 Å². The first-order chi connectivity index (χ1) is 9.47. The van der Waals surface area contributed by atoms with E-state index in [9.17, 15) is 13.2 Å². The molecule has 0 N–H and O–H groups in total. The molecule has 0 unspecified atom stereocenters. The Morgan fingerprint density at radius 2 is 1.75 bits per heavy atom. The fourth-order valence-electron chi connectivity index (χ4n) is 1.91. The van der Waals surface area contributed by atoms with Crippen molar-refractivity contribution in [3.05, 3.63) is 52.9 Å². The van der Waals surface area contributed by atoms with Crippen LogP contribution in [0.5, 0.6) is 0 Å². The third-order valence-corrected chi connectivity index (χ3v) is 3.46. The summed E-state index contributed by atoms with van der Waals surface area (Å²) in [6.45, 7) is 0. The average Bonchev–Trinajstić information content (AvgIpc) is 2.76. The number of fused-ring (bicyclic) bond motifs is 1. The van der Waals surface area contributed by atoms with Crippen LogP contribution in [0.15, 0.2) is 47.3 Å². The average molecular weight is 342 g/mol. The summed E-state index contributed by atoms with van der Waals surface area (Å²) in [5.74, 6) is 0. The van der Waals surface area contributed by atoms with Crippen LogP contribution in [0.4, 0.5) is 13.2 Å². The van der Waals surface area contributed by atoms with E-state index in [0.717, 1.165) is 23.0 Å². The van der Waals surface area contributed by atoms with Gasteiger partial charge in [-0.2, -0.15) is 18.3 Å². The summed E-state index contributed by atoms with van der Waals surface area (Å²) in [6.07, 6.45) is -1.09. The topological polar surface area (TPSA) is 30.7 Å². The standard InChI is InChI=1S/C13H7BrF3N3/c14-12-10-5-6-18-7-11(10)20(19-12)9-3-1-8(2-4-9)13(15,16)17/h1-7H. The molecule has 3 aromatic rings. The second kappa shape index (κ2) is 4.59. The fourth-order valence-corrected chi connectivity index (χ4v) is 2.41. The Balaban J connectivity index is 2.12. The molecule has 3 nitrogen and oxygen atoms in total. The van der Waals surface area contributed by atoms with Crippen molar-refractivity contribution in [3.63, 3.8) is 0 Å².